The molecule has 18 heavy (non-hydrogen) atoms. The van der Waals surface area contributed by atoms with Gasteiger partial charge in [-0.05, 0) is 53.3 Å². The molecule has 0 radical (unpaired) electrons. The smallest absolute Gasteiger partial charge is 0.123 e. The van der Waals surface area contributed by atoms with Gasteiger partial charge < -0.3 is 5.41 Å². The highest BCUT2D eigenvalue weighted by Crippen LogP contribution is 2.26. The van der Waals surface area contributed by atoms with E-state index in [4.69, 9.17) is 0 Å². The van der Waals surface area contributed by atoms with Gasteiger partial charge in [0.25, 0.3) is 0 Å². The van der Waals surface area contributed by atoms with E-state index in [1.807, 2.05) is 13.0 Å². The van der Waals surface area contributed by atoms with Gasteiger partial charge in [-0.2, -0.15) is 6.21 Å². The van der Waals surface area contributed by atoms with Crippen molar-refractivity contribution in [1.29, 1.82) is 0 Å². The molecule has 0 unspecified atom stereocenters. The summed E-state index contributed by atoms with van der Waals surface area (Å²) in [6, 6.07) is 10.3. The Labute approximate surface area is 107 Å². The number of benzene rings is 2. The number of halogens is 1. The van der Waals surface area contributed by atoms with E-state index in [0.717, 1.165) is 34.9 Å². The Morgan fingerprint density at radius 2 is 1.83 bits per heavy atom. The van der Waals surface area contributed by atoms with Gasteiger partial charge in [-0.3, -0.25) is 0 Å². The first-order valence-corrected chi connectivity index (χ1v) is 6.02. The van der Waals surface area contributed by atoms with Gasteiger partial charge in [0.15, 0.2) is 0 Å². The van der Waals surface area contributed by atoms with Crippen LogP contribution in [0.3, 0.4) is 0 Å². The van der Waals surface area contributed by atoms with Crippen LogP contribution in [0.1, 0.15) is 23.6 Å². The first kappa shape index (κ1) is 12.5. The summed E-state index contributed by atoms with van der Waals surface area (Å²) in [5.74, 6) is -0.254. The number of aryl methyl sites for hydroxylation is 2. The van der Waals surface area contributed by atoms with Crippen molar-refractivity contribution in [2.24, 2.45) is 0 Å². The zero-order valence-corrected chi connectivity index (χ0v) is 10.6. The normalized spacial score (nSPS) is 10.4. The van der Waals surface area contributed by atoms with Crippen LogP contribution in [0.15, 0.2) is 36.4 Å². The Hall–Kier alpha value is -1.96. The minimum absolute atomic E-state index is 0.254. The van der Waals surface area contributed by atoms with Gasteiger partial charge in [-0.1, -0.05) is 31.2 Å². The third kappa shape index (κ3) is 2.33. The number of rotatable bonds is 3. The summed E-state index contributed by atoms with van der Waals surface area (Å²) >= 11 is 0. The van der Waals surface area contributed by atoms with Crippen molar-refractivity contribution >= 4 is 6.21 Å². The number of nitrogens with zero attached hydrogens (tertiary/aromatic N) is 1. The molecule has 2 aromatic rings. The molecule has 2 aromatic carbocycles. The van der Waals surface area contributed by atoms with Gasteiger partial charge in [0.05, 0.1) is 0 Å². The monoisotopic (exact) mass is 240 g/mol. The number of hydrogen-bond donors (Lipinski definition) is 0. The van der Waals surface area contributed by atoms with Crippen molar-refractivity contribution in [3.8, 4) is 11.1 Å². The summed E-state index contributed by atoms with van der Waals surface area (Å²) in [6.45, 7) is 4.12. The molecule has 0 amide bonds. The minimum Gasteiger partial charge on any atom is -0.810 e. The molecule has 0 aliphatic heterocycles. The first-order chi connectivity index (χ1) is 8.65. The van der Waals surface area contributed by atoms with Crippen molar-refractivity contribution < 1.29 is 4.39 Å². The molecule has 0 spiro atoms. The molecule has 0 N–H and O–H groups in total. The van der Waals surface area contributed by atoms with Crippen molar-refractivity contribution in [3.63, 3.8) is 0 Å². The van der Waals surface area contributed by atoms with Crippen LogP contribution >= 0.6 is 0 Å². The Kier molecular flexibility index (Phi) is 3.56. The predicted octanol–water partition coefficient (Wildman–Crippen LogP) is 4.35. The summed E-state index contributed by atoms with van der Waals surface area (Å²) in [5.41, 5.74) is 4.99. The lowest BCUT2D eigenvalue weighted by Crippen LogP contribution is -1.94. The molecular formula is C16H15FN-. The largest absolute Gasteiger partial charge is 0.810 e. The zero-order valence-electron chi connectivity index (χ0n) is 10.6. The van der Waals surface area contributed by atoms with Crippen LogP contribution in [-0.4, -0.2) is 6.21 Å². The molecule has 0 heterocycles. The molecule has 0 aliphatic rings. The van der Waals surface area contributed by atoms with Crippen LogP contribution in [0.2, 0.25) is 0 Å². The van der Waals surface area contributed by atoms with E-state index in [2.05, 4.69) is 13.0 Å². The highest BCUT2D eigenvalue weighted by molar-refractivity contribution is 5.92. The van der Waals surface area contributed by atoms with Crippen LogP contribution in [0.25, 0.3) is 16.5 Å². The van der Waals surface area contributed by atoms with Gasteiger partial charge in [-0.25, -0.2) is 4.39 Å². The second kappa shape index (κ2) is 5.13. The highest BCUT2D eigenvalue weighted by Gasteiger charge is 2.06. The molecule has 0 saturated heterocycles. The second-order valence-corrected chi connectivity index (χ2v) is 4.36. The molecule has 0 fully saturated rings. The molecular weight excluding hydrogens is 225 g/mol. The summed E-state index contributed by atoms with van der Waals surface area (Å²) in [6.07, 6.45) is 2.04. The van der Waals surface area contributed by atoms with Gasteiger partial charge in [0, 0.05) is 0 Å². The maximum Gasteiger partial charge on any atom is 0.123 e. The fourth-order valence-electron chi connectivity index (χ4n) is 2.14. The average Bonchev–Trinajstić information content (AvgIpc) is 2.39. The van der Waals surface area contributed by atoms with E-state index in [0.29, 0.717) is 0 Å². The molecule has 92 valence electrons. The van der Waals surface area contributed by atoms with Crippen molar-refractivity contribution in [2.45, 2.75) is 20.3 Å². The van der Waals surface area contributed by atoms with Crippen LogP contribution in [0, 0.1) is 12.7 Å². The van der Waals surface area contributed by atoms with Crippen molar-refractivity contribution in [2.75, 3.05) is 0 Å². The SMILES string of the molecule is CCc1cc(-c2ccc(F)cc2)c(C=[N-])cc1C. The average molecular weight is 240 g/mol. The third-order valence-electron chi connectivity index (χ3n) is 3.18. The molecule has 2 heteroatoms. The lowest BCUT2D eigenvalue weighted by atomic mass is 9.94. The maximum atomic E-state index is 12.9. The van der Waals surface area contributed by atoms with Gasteiger partial charge in [-0.15, -0.1) is 0 Å². The van der Waals surface area contributed by atoms with E-state index in [1.54, 1.807) is 12.1 Å². The topological polar surface area (TPSA) is 22.3 Å². The van der Waals surface area contributed by atoms with E-state index in [1.165, 1.54) is 17.7 Å². The van der Waals surface area contributed by atoms with Gasteiger partial charge in [0.1, 0.15) is 5.82 Å². The highest BCUT2D eigenvalue weighted by atomic mass is 19.1. The molecule has 0 aliphatic carbocycles. The van der Waals surface area contributed by atoms with Crippen LogP contribution in [0.5, 0.6) is 0 Å². The quantitative estimate of drug-likeness (QED) is 0.712. The van der Waals surface area contributed by atoms with Crippen LogP contribution in [-0.2, 0) is 6.42 Å². The van der Waals surface area contributed by atoms with Gasteiger partial charge >= 0.3 is 0 Å². The lowest BCUT2D eigenvalue weighted by Gasteiger charge is -2.13. The van der Waals surface area contributed by atoms with Crippen LogP contribution in [0.4, 0.5) is 4.39 Å². The molecule has 2 rings (SSSR count). The van der Waals surface area contributed by atoms with E-state index < -0.39 is 0 Å². The van der Waals surface area contributed by atoms with Gasteiger partial charge in [0.2, 0.25) is 0 Å². The molecule has 1 nitrogen and oxygen atoms in total. The summed E-state index contributed by atoms with van der Waals surface area (Å²) in [4.78, 5) is 0. The Bertz CT molecular complexity index is 570. The standard InChI is InChI=1S/C16H15FN/c1-3-12-9-16(14(10-18)8-11(12)2)13-4-6-15(17)7-5-13/h4-10H,3H2,1-2H3/q-1. The molecule has 0 atom stereocenters. The maximum absolute atomic E-state index is 12.9. The summed E-state index contributed by atoms with van der Waals surface area (Å²) in [7, 11) is 0. The molecule has 0 bridgehead atoms. The van der Waals surface area contributed by atoms with E-state index >= 15 is 0 Å². The fraction of sp³-hybridized carbons (Fsp3) is 0.188. The van der Waals surface area contributed by atoms with E-state index in [-0.39, 0.29) is 5.82 Å². The van der Waals surface area contributed by atoms with Crippen molar-refractivity contribution in [1.82, 2.24) is 0 Å². The zero-order chi connectivity index (χ0) is 13.1. The van der Waals surface area contributed by atoms with E-state index in [9.17, 15) is 9.80 Å². The lowest BCUT2D eigenvalue weighted by molar-refractivity contribution is 0.628. The second-order valence-electron chi connectivity index (χ2n) is 4.36. The Morgan fingerprint density at radius 1 is 1.17 bits per heavy atom. The summed E-state index contributed by atoms with van der Waals surface area (Å²) < 4.78 is 12.9. The third-order valence-corrected chi connectivity index (χ3v) is 3.18. The summed E-state index contributed by atoms with van der Waals surface area (Å²) in [5, 5.41) is 9.32. The molecule has 0 aromatic heterocycles. The Morgan fingerprint density at radius 3 is 2.39 bits per heavy atom. The fourth-order valence-corrected chi connectivity index (χ4v) is 2.14. The predicted molar refractivity (Wildman–Crippen MR) is 74.5 cm³/mol. The van der Waals surface area contributed by atoms with Crippen molar-refractivity contribution in [3.05, 3.63) is 64.3 Å². The Balaban J connectivity index is 2.61. The first-order valence-electron chi connectivity index (χ1n) is 6.02. The number of hydrogen-bond acceptors (Lipinski definition) is 0. The molecule has 0 saturated carbocycles. The van der Waals surface area contributed by atoms with Crippen LogP contribution < -0.4 is 0 Å². The minimum atomic E-state index is -0.254.